The molecule has 0 aliphatic rings. The second-order valence-electron chi connectivity index (χ2n) is 5.97. The molecule has 6 nitrogen and oxygen atoms in total. The van der Waals surface area contributed by atoms with Gasteiger partial charge in [-0.05, 0) is 54.1 Å². The number of nitrogens with one attached hydrogen (secondary N) is 1. The number of hydrogen-bond acceptors (Lipinski definition) is 4. The summed E-state index contributed by atoms with van der Waals surface area (Å²) in [5.41, 5.74) is 4.26. The number of carbonyl (C=O) groups is 1. The molecule has 3 aromatic heterocycles. The number of benzene rings is 1. The molecule has 0 saturated heterocycles. The number of amides is 1. The summed E-state index contributed by atoms with van der Waals surface area (Å²) in [7, 11) is 0. The number of aromatic nitrogens is 4. The van der Waals surface area contributed by atoms with Crippen LogP contribution in [0.1, 0.15) is 15.9 Å². The van der Waals surface area contributed by atoms with Crippen molar-refractivity contribution in [2.75, 3.05) is 0 Å². The zero-order chi connectivity index (χ0) is 18.5. The molecule has 0 spiro atoms. The molecule has 0 bridgehead atoms. The molecule has 0 unspecified atom stereocenters. The second-order valence-corrected chi connectivity index (χ2v) is 5.97. The van der Waals surface area contributed by atoms with Crippen LogP contribution in [0.5, 0.6) is 0 Å². The maximum Gasteiger partial charge on any atom is 0.251 e. The van der Waals surface area contributed by atoms with Gasteiger partial charge in [0.05, 0.1) is 11.4 Å². The molecule has 0 aliphatic heterocycles. The van der Waals surface area contributed by atoms with Gasteiger partial charge in [-0.15, -0.1) is 0 Å². The smallest absolute Gasteiger partial charge is 0.251 e. The monoisotopic (exact) mass is 355 g/mol. The Morgan fingerprint density at radius 1 is 0.963 bits per heavy atom. The van der Waals surface area contributed by atoms with Gasteiger partial charge < -0.3 is 5.32 Å². The highest BCUT2D eigenvalue weighted by Crippen LogP contribution is 2.16. The van der Waals surface area contributed by atoms with E-state index >= 15 is 0 Å². The molecule has 0 fully saturated rings. The predicted octanol–water partition coefficient (Wildman–Crippen LogP) is 3.26. The molecular formula is C21H17N5O. The summed E-state index contributed by atoms with van der Waals surface area (Å²) in [6, 6.07) is 16.9. The minimum Gasteiger partial charge on any atom is -0.348 e. The molecule has 1 N–H and O–H groups in total. The van der Waals surface area contributed by atoms with Crippen molar-refractivity contribution in [3.63, 3.8) is 0 Å². The Labute approximate surface area is 156 Å². The summed E-state index contributed by atoms with van der Waals surface area (Å²) in [5.74, 6) is -0.133. The van der Waals surface area contributed by atoms with Gasteiger partial charge in [-0.3, -0.25) is 14.8 Å². The number of nitrogens with zero attached hydrogens (tertiary/aromatic N) is 4. The van der Waals surface area contributed by atoms with Crippen LogP contribution in [0.25, 0.3) is 16.9 Å². The third kappa shape index (κ3) is 3.90. The summed E-state index contributed by atoms with van der Waals surface area (Å²) in [6.45, 7) is 0.422. The largest absolute Gasteiger partial charge is 0.348 e. The first-order chi connectivity index (χ1) is 13.3. The fraction of sp³-hybridized carbons (Fsp3) is 0.0476. The van der Waals surface area contributed by atoms with Crippen LogP contribution in [-0.2, 0) is 6.54 Å². The standard InChI is InChI=1S/C21H17N5O/c27-21(18-3-1-4-19(14-18)26-12-2-8-25-26)24-15-16-5-11-23-20(13-16)17-6-9-22-10-7-17/h1-14H,15H2,(H,24,27). The highest BCUT2D eigenvalue weighted by Gasteiger charge is 2.08. The van der Waals surface area contributed by atoms with Gasteiger partial charge in [-0.1, -0.05) is 6.07 Å². The van der Waals surface area contributed by atoms with Gasteiger partial charge in [0.25, 0.3) is 5.91 Å². The molecule has 0 radical (unpaired) electrons. The Morgan fingerprint density at radius 2 is 1.85 bits per heavy atom. The van der Waals surface area contributed by atoms with E-state index in [9.17, 15) is 4.79 Å². The minimum absolute atomic E-state index is 0.133. The number of carbonyl (C=O) groups excluding carboxylic acids is 1. The van der Waals surface area contributed by atoms with Gasteiger partial charge in [-0.25, -0.2) is 4.68 Å². The summed E-state index contributed by atoms with van der Waals surface area (Å²) in [6.07, 6.45) is 8.76. The lowest BCUT2D eigenvalue weighted by Gasteiger charge is -2.08. The van der Waals surface area contributed by atoms with Gasteiger partial charge in [0.15, 0.2) is 0 Å². The van der Waals surface area contributed by atoms with Crippen molar-refractivity contribution in [1.82, 2.24) is 25.1 Å². The van der Waals surface area contributed by atoms with Crippen molar-refractivity contribution >= 4 is 5.91 Å². The van der Waals surface area contributed by atoms with E-state index < -0.39 is 0 Å². The van der Waals surface area contributed by atoms with Gasteiger partial charge in [0, 0.05) is 48.7 Å². The molecular weight excluding hydrogens is 338 g/mol. The summed E-state index contributed by atoms with van der Waals surface area (Å²) in [4.78, 5) is 20.9. The van der Waals surface area contributed by atoms with Crippen molar-refractivity contribution in [3.8, 4) is 16.9 Å². The van der Waals surface area contributed by atoms with Crippen molar-refractivity contribution < 1.29 is 4.79 Å². The topological polar surface area (TPSA) is 72.7 Å². The molecule has 0 atom stereocenters. The summed E-state index contributed by atoms with van der Waals surface area (Å²) >= 11 is 0. The van der Waals surface area contributed by atoms with E-state index in [1.54, 1.807) is 35.5 Å². The molecule has 4 aromatic rings. The average Bonchev–Trinajstić information content (AvgIpc) is 3.28. The van der Waals surface area contributed by atoms with Crippen LogP contribution >= 0.6 is 0 Å². The molecule has 1 aromatic carbocycles. The van der Waals surface area contributed by atoms with Crippen LogP contribution in [0, 0.1) is 0 Å². The van der Waals surface area contributed by atoms with Crippen LogP contribution in [0.4, 0.5) is 0 Å². The maximum atomic E-state index is 12.5. The first kappa shape index (κ1) is 16.7. The quantitative estimate of drug-likeness (QED) is 0.596. The number of hydrogen-bond donors (Lipinski definition) is 1. The first-order valence-corrected chi connectivity index (χ1v) is 8.53. The van der Waals surface area contributed by atoms with E-state index in [-0.39, 0.29) is 5.91 Å². The lowest BCUT2D eigenvalue weighted by atomic mass is 10.1. The van der Waals surface area contributed by atoms with Gasteiger partial charge in [-0.2, -0.15) is 5.10 Å². The molecule has 27 heavy (non-hydrogen) atoms. The van der Waals surface area contributed by atoms with Crippen molar-refractivity contribution in [3.05, 3.63) is 96.7 Å². The molecule has 0 saturated carbocycles. The molecule has 0 aliphatic carbocycles. The van der Waals surface area contributed by atoms with E-state index in [4.69, 9.17) is 0 Å². The third-order valence-electron chi connectivity index (χ3n) is 4.13. The van der Waals surface area contributed by atoms with Gasteiger partial charge >= 0.3 is 0 Å². The first-order valence-electron chi connectivity index (χ1n) is 8.53. The minimum atomic E-state index is -0.133. The molecule has 4 rings (SSSR count). The normalized spacial score (nSPS) is 10.5. The summed E-state index contributed by atoms with van der Waals surface area (Å²) in [5, 5.41) is 7.15. The van der Waals surface area contributed by atoms with Crippen molar-refractivity contribution in [2.45, 2.75) is 6.54 Å². The highest BCUT2D eigenvalue weighted by molar-refractivity contribution is 5.94. The number of rotatable bonds is 5. The Balaban J connectivity index is 1.46. The van der Waals surface area contributed by atoms with Crippen LogP contribution < -0.4 is 5.32 Å². The lowest BCUT2D eigenvalue weighted by molar-refractivity contribution is 0.0951. The SMILES string of the molecule is O=C(NCc1ccnc(-c2ccncc2)c1)c1cccc(-n2cccn2)c1. The van der Waals surface area contributed by atoms with E-state index in [0.29, 0.717) is 12.1 Å². The lowest BCUT2D eigenvalue weighted by Crippen LogP contribution is -2.23. The fourth-order valence-corrected chi connectivity index (χ4v) is 2.76. The zero-order valence-electron chi connectivity index (χ0n) is 14.5. The third-order valence-corrected chi connectivity index (χ3v) is 4.13. The molecule has 132 valence electrons. The second kappa shape index (κ2) is 7.61. The van der Waals surface area contributed by atoms with Crippen LogP contribution in [0.15, 0.2) is 85.6 Å². The van der Waals surface area contributed by atoms with E-state index in [1.807, 2.05) is 54.7 Å². The predicted molar refractivity (Wildman–Crippen MR) is 102 cm³/mol. The summed E-state index contributed by atoms with van der Waals surface area (Å²) < 4.78 is 1.72. The van der Waals surface area contributed by atoms with Crippen LogP contribution in [0.2, 0.25) is 0 Å². The zero-order valence-corrected chi connectivity index (χ0v) is 14.5. The van der Waals surface area contributed by atoms with Crippen LogP contribution in [-0.4, -0.2) is 25.7 Å². The fourth-order valence-electron chi connectivity index (χ4n) is 2.76. The van der Waals surface area contributed by atoms with E-state index in [1.165, 1.54) is 0 Å². The van der Waals surface area contributed by atoms with E-state index in [2.05, 4.69) is 20.4 Å². The highest BCUT2D eigenvalue weighted by atomic mass is 16.1. The van der Waals surface area contributed by atoms with Gasteiger partial charge in [0.1, 0.15) is 0 Å². The van der Waals surface area contributed by atoms with Crippen molar-refractivity contribution in [1.29, 1.82) is 0 Å². The molecule has 3 heterocycles. The Bertz CT molecular complexity index is 1050. The number of pyridine rings is 2. The Hall–Kier alpha value is -3.80. The van der Waals surface area contributed by atoms with Crippen molar-refractivity contribution in [2.24, 2.45) is 0 Å². The molecule has 1 amide bonds. The van der Waals surface area contributed by atoms with E-state index in [0.717, 1.165) is 22.5 Å². The molecule has 6 heteroatoms. The maximum absolute atomic E-state index is 12.5. The van der Waals surface area contributed by atoms with Crippen LogP contribution in [0.3, 0.4) is 0 Å². The average molecular weight is 355 g/mol. The Kier molecular flexibility index (Phi) is 4.70. The van der Waals surface area contributed by atoms with Gasteiger partial charge in [0.2, 0.25) is 0 Å². The Morgan fingerprint density at radius 3 is 2.67 bits per heavy atom.